The molecule has 0 unspecified atom stereocenters. The van der Waals surface area contributed by atoms with Crippen LogP contribution in [-0.2, 0) is 0 Å². The first-order valence-corrected chi connectivity index (χ1v) is 13.6. The van der Waals surface area contributed by atoms with E-state index in [0.29, 0.717) is 0 Å². The number of hydrogen-bond donors (Lipinski definition) is 0. The van der Waals surface area contributed by atoms with Crippen molar-refractivity contribution < 1.29 is 4.42 Å². The molecule has 0 bridgehead atoms. The number of nitrogens with zero attached hydrogens (tertiary/aromatic N) is 1. The Morgan fingerprint density at radius 2 is 0.825 bits per heavy atom. The van der Waals surface area contributed by atoms with Crippen LogP contribution in [0.2, 0.25) is 0 Å². The molecule has 40 heavy (non-hydrogen) atoms. The van der Waals surface area contributed by atoms with Crippen LogP contribution < -0.4 is 4.90 Å². The Morgan fingerprint density at radius 3 is 1.55 bits per heavy atom. The normalized spacial score (nSPS) is 11.5. The van der Waals surface area contributed by atoms with Gasteiger partial charge >= 0.3 is 0 Å². The predicted octanol–water partition coefficient (Wildman–Crippen LogP) is 11.0. The lowest BCUT2D eigenvalue weighted by Gasteiger charge is -2.30. The van der Waals surface area contributed by atoms with E-state index in [0.717, 1.165) is 50.1 Å². The van der Waals surface area contributed by atoms with E-state index in [9.17, 15) is 0 Å². The van der Waals surface area contributed by atoms with Gasteiger partial charge in [-0.15, -0.1) is 0 Å². The molecule has 0 radical (unpaired) electrons. The lowest BCUT2D eigenvalue weighted by atomic mass is 9.98. The maximum atomic E-state index is 6.51. The largest absolute Gasteiger partial charge is 0.455 e. The maximum Gasteiger partial charge on any atom is 0.143 e. The second kappa shape index (κ2) is 9.14. The molecule has 7 aromatic carbocycles. The van der Waals surface area contributed by atoms with E-state index in [1.165, 1.54) is 21.5 Å². The van der Waals surface area contributed by atoms with Crippen LogP contribution in [0.1, 0.15) is 0 Å². The van der Waals surface area contributed by atoms with Crippen LogP contribution in [-0.4, -0.2) is 0 Å². The number of anilines is 3. The third-order valence-corrected chi connectivity index (χ3v) is 7.85. The summed E-state index contributed by atoms with van der Waals surface area (Å²) in [6, 6.07) is 53.8. The summed E-state index contributed by atoms with van der Waals surface area (Å²) in [7, 11) is 0. The fourth-order valence-electron chi connectivity index (χ4n) is 6.05. The third-order valence-electron chi connectivity index (χ3n) is 7.85. The molecule has 0 spiro atoms. The molecule has 0 aliphatic carbocycles. The number of fused-ring (bicyclic) bond motifs is 5. The molecule has 0 fully saturated rings. The standard InChI is InChI=1S/C38H25NO/c1-3-16-28-26(12-1)14-9-23-34(28)39(35-24-10-15-27-13-2-4-17-29(27)35)36-22-7-5-18-30(36)32-20-11-21-33-31-19-6-8-25-37(31)40-38(32)33/h1-25H. The zero-order valence-electron chi connectivity index (χ0n) is 21.8. The molecule has 0 N–H and O–H groups in total. The Bertz CT molecular complexity index is 2100. The van der Waals surface area contributed by atoms with Crippen molar-refractivity contribution in [1.29, 1.82) is 0 Å². The summed E-state index contributed by atoms with van der Waals surface area (Å²) in [6.45, 7) is 0. The van der Waals surface area contributed by atoms with Gasteiger partial charge in [-0.1, -0.05) is 127 Å². The Kier molecular flexibility index (Phi) is 5.17. The highest BCUT2D eigenvalue weighted by Gasteiger charge is 2.22. The second-order valence-electron chi connectivity index (χ2n) is 10.1. The Balaban J connectivity index is 1.47. The van der Waals surface area contributed by atoms with Crippen molar-refractivity contribution in [3.63, 3.8) is 0 Å². The van der Waals surface area contributed by atoms with Crippen LogP contribution in [0.5, 0.6) is 0 Å². The van der Waals surface area contributed by atoms with Crippen LogP contribution in [0.4, 0.5) is 17.1 Å². The summed E-state index contributed by atoms with van der Waals surface area (Å²) >= 11 is 0. The van der Waals surface area contributed by atoms with Crippen molar-refractivity contribution >= 4 is 60.5 Å². The first kappa shape index (κ1) is 22.6. The monoisotopic (exact) mass is 511 g/mol. The van der Waals surface area contributed by atoms with Gasteiger partial charge < -0.3 is 9.32 Å². The van der Waals surface area contributed by atoms with E-state index < -0.39 is 0 Å². The molecule has 0 aliphatic heterocycles. The Morgan fingerprint density at radius 1 is 0.350 bits per heavy atom. The number of furan rings is 1. The lowest BCUT2D eigenvalue weighted by molar-refractivity contribution is 0.670. The highest BCUT2D eigenvalue weighted by Crippen LogP contribution is 2.47. The smallest absolute Gasteiger partial charge is 0.143 e. The molecule has 1 aromatic heterocycles. The highest BCUT2D eigenvalue weighted by molar-refractivity contribution is 6.12. The van der Waals surface area contributed by atoms with Crippen LogP contribution in [0, 0.1) is 0 Å². The SMILES string of the molecule is c1ccc(N(c2cccc3ccccc23)c2cccc3ccccc23)c(-c2cccc3c2oc2ccccc23)c1. The molecule has 0 aliphatic rings. The van der Waals surface area contributed by atoms with Crippen LogP contribution >= 0.6 is 0 Å². The molecule has 1 heterocycles. The number of benzene rings is 7. The van der Waals surface area contributed by atoms with E-state index in [1.807, 2.05) is 12.1 Å². The molecule has 188 valence electrons. The van der Waals surface area contributed by atoms with E-state index in [-0.39, 0.29) is 0 Å². The van der Waals surface area contributed by atoms with E-state index in [1.54, 1.807) is 0 Å². The minimum Gasteiger partial charge on any atom is -0.455 e. The molecular weight excluding hydrogens is 486 g/mol. The van der Waals surface area contributed by atoms with Gasteiger partial charge in [0.05, 0.1) is 17.1 Å². The summed E-state index contributed by atoms with van der Waals surface area (Å²) in [4.78, 5) is 2.42. The minimum absolute atomic E-state index is 0.905. The molecule has 0 atom stereocenters. The number of hydrogen-bond acceptors (Lipinski definition) is 2. The van der Waals surface area contributed by atoms with Crippen molar-refractivity contribution in [3.05, 3.63) is 152 Å². The maximum absolute atomic E-state index is 6.51. The van der Waals surface area contributed by atoms with E-state index in [2.05, 4.69) is 144 Å². The molecule has 8 rings (SSSR count). The average molecular weight is 512 g/mol. The van der Waals surface area contributed by atoms with Gasteiger partial charge in [-0.25, -0.2) is 0 Å². The zero-order valence-corrected chi connectivity index (χ0v) is 21.8. The van der Waals surface area contributed by atoms with Crippen molar-refractivity contribution in [2.24, 2.45) is 0 Å². The molecule has 0 saturated carbocycles. The van der Waals surface area contributed by atoms with Crippen LogP contribution in [0.15, 0.2) is 156 Å². The minimum atomic E-state index is 0.905. The van der Waals surface area contributed by atoms with Crippen molar-refractivity contribution in [2.45, 2.75) is 0 Å². The van der Waals surface area contributed by atoms with Gasteiger partial charge in [0.2, 0.25) is 0 Å². The Hall–Kier alpha value is -5.34. The summed E-state index contributed by atoms with van der Waals surface area (Å²) in [6.07, 6.45) is 0. The second-order valence-corrected chi connectivity index (χ2v) is 10.1. The first-order chi connectivity index (χ1) is 19.9. The van der Waals surface area contributed by atoms with Gasteiger partial charge in [-0.3, -0.25) is 0 Å². The van der Waals surface area contributed by atoms with Gasteiger partial charge in [0.1, 0.15) is 11.2 Å². The molecule has 0 saturated heterocycles. The van der Waals surface area contributed by atoms with Gasteiger partial charge in [-0.2, -0.15) is 0 Å². The topological polar surface area (TPSA) is 16.4 Å². The van der Waals surface area contributed by atoms with E-state index >= 15 is 0 Å². The van der Waals surface area contributed by atoms with Gasteiger partial charge in [0.15, 0.2) is 0 Å². The summed E-state index contributed by atoms with van der Waals surface area (Å²) < 4.78 is 6.51. The third kappa shape index (κ3) is 3.50. The van der Waals surface area contributed by atoms with Crippen molar-refractivity contribution in [3.8, 4) is 11.1 Å². The Labute approximate surface area is 232 Å². The highest BCUT2D eigenvalue weighted by atomic mass is 16.3. The first-order valence-electron chi connectivity index (χ1n) is 13.6. The summed E-state index contributed by atoms with van der Waals surface area (Å²) in [5.74, 6) is 0. The lowest BCUT2D eigenvalue weighted by Crippen LogP contribution is -2.12. The predicted molar refractivity (Wildman–Crippen MR) is 169 cm³/mol. The average Bonchev–Trinajstić information content (AvgIpc) is 3.41. The van der Waals surface area contributed by atoms with Crippen LogP contribution in [0.3, 0.4) is 0 Å². The fourth-order valence-corrected chi connectivity index (χ4v) is 6.05. The van der Waals surface area contributed by atoms with Gasteiger partial charge in [-0.05, 0) is 35.0 Å². The molecular formula is C38H25NO. The van der Waals surface area contributed by atoms with Crippen molar-refractivity contribution in [1.82, 2.24) is 0 Å². The molecule has 2 heteroatoms. The van der Waals surface area contributed by atoms with Gasteiger partial charge in [0, 0.05) is 32.7 Å². The fraction of sp³-hybridized carbons (Fsp3) is 0. The quantitative estimate of drug-likeness (QED) is 0.234. The number of para-hydroxylation sites is 3. The molecule has 0 amide bonds. The van der Waals surface area contributed by atoms with Crippen molar-refractivity contribution in [2.75, 3.05) is 4.90 Å². The van der Waals surface area contributed by atoms with E-state index in [4.69, 9.17) is 4.42 Å². The summed E-state index contributed by atoms with van der Waals surface area (Å²) in [5.41, 5.74) is 7.39. The number of rotatable bonds is 4. The zero-order chi connectivity index (χ0) is 26.5. The molecule has 2 nitrogen and oxygen atoms in total. The van der Waals surface area contributed by atoms with Gasteiger partial charge in [0.25, 0.3) is 0 Å². The van der Waals surface area contributed by atoms with Crippen LogP contribution in [0.25, 0.3) is 54.6 Å². The molecule has 8 aromatic rings. The summed E-state index contributed by atoms with van der Waals surface area (Å²) in [5, 5.41) is 7.09.